The minimum absolute atomic E-state index is 0. The minimum atomic E-state index is 0. The molecule has 3 aliphatic rings. The molecule has 1 aliphatic heterocycles. The highest BCUT2D eigenvalue weighted by Crippen LogP contribution is 2.52. The molecule has 2 saturated carbocycles. The molecule has 3 fully saturated rings. The summed E-state index contributed by atoms with van der Waals surface area (Å²) in [6.45, 7) is 5.32. The highest BCUT2D eigenvalue weighted by molar-refractivity contribution is 5.85. The number of halogens is 2. The zero-order valence-electron chi connectivity index (χ0n) is 15.3. The number of nitrogens with zero attached hydrogens (tertiary/aromatic N) is 2. The zero-order chi connectivity index (χ0) is 14.7. The minimum Gasteiger partial charge on any atom is -0.309 e. The van der Waals surface area contributed by atoms with Crippen LogP contribution in [0.5, 0.6) is 0 Å². The Labute approximate surface area is 156 Å². The van der Waals surface area contributed by atoms with E-state index in [1.165, 1.54) is 58.3 Å². The number of piperidine rings is 1. The van der Waals surface area contributed by atoms with E-state index >= 15 is 0 Å². The van der Waals surface area contributed by atoms with Gasteiger partial charge in [0, 0.05) is 0 Å². The molecule has 0 N–H and O–H groups in total. The van der Waals surface area contributed by atoms with Gasteiger partial charge < -0.3 is 9.80 Å². The number of hydrogen-bond donors (Lipinski definition) is 0. The molecule has 0 amide bonds. The molecule has 1 spiro atoms. The van der Waals surface area contributed by atoms with Gasteiger partial charge in [-0.3, -0.25) is 0 Å². The zero-order valence-corrected chi connectivity index (χ0v) is 16.9. The Bertz CT molecular complexity index is 327. The largest absolute Gasteiger partial charge is 0.309 e. The van der Waals surface area contributed by atoms with Gasteiger partial charge in [-0.15, -0.1) is 24.8 Å². The molecular formula is C19H38Cl2N2. The van der Waals surface area contributed by atoms with Crippen LogP contribution in [-0.2, 0) is 0 Å². The van der Waals surface area contributed by atoms with Gasteiger partial charge in [0.25, 0.3) is 0 Å². The first-order valence-corrected chi connectivity index (χ1v) is 9.54. The van der Waals surface area contributed by atoms with Gasteiger partial charge in [-0.2, -0.15) is 0 Å². The van der Waals surface area contributed by atoms with Crippen molar-refractivity contribution in [1.29, 1.82) is 0 Å². The predicted molar refractivity (Wildman–Crippen MR) is 105 cm³/mol. The Hall–Kier alpha value is 0.500. The van der Waals surface area contributed by atoms with Gasteiger partial charge >= 0.3 is 0 Å². The summed E-state index contributed by atoms with van der Waals surface area (Å²) in [4.78, 5) is 5.05. The molecule has 3 rings (SSSR count). The summed E-state index contributed by atoms with van der Waals surface area (Å²) >= 11 is 0. The lowest BCUT2D eigenvalue weighted by atomic mass is 9.58. The lowest BCUT2D eigenvalue weighted by molar-refractivity contribution is 0.00590. The van der Waals surface area contributed by atoms with Crippen molar-refractivity contribution in [2.75, 3.05) is 40.3 Å². The van der Waals surface area contributed by atoms with Gasteiger partial charge in [-0.05, 0) is 96.1 Å². The first-order chi connectivity index (χ1) is 10.2. The van der Waals surface area contributed by atoms with Crippen molar-refractivity contribution in [2.24, 2.45) is 17.3 Å². The molecule has 0 bridgehead atoms. The van der Waals surface area contributed by atoms with Crippen LogP contribution in [0, 0.1) is 17.3 Å². The second-order valence-corrected chi connectivity index (χ2v) is 8.55. The van der Waals surface area contributed by atoms with Crippen LogP contribution in [0.25, 0.3) is 0 Å². The average Bonchev–Trinajstić information content (AvgIpc) is 2.49. The summed E-state index contributed by atoms with van der Waals surface area (Å²) in [5, 5.41) is 0. The molecule has 1 heterocycles. The fourth-order valence-electron chi connectivity index (χ4n) is 5.40. The van der Waals surface area contributed by atoms with E-state index < -0.39 is 0 Å². The third kappa shape index (κ3) is 5.76. The highest BCUT2D eigenvalue weighted by Gasteiger charge is 2.42. The molecule has 23 heavy (non-hydrogen) atoms. The average molecular weight is 365 g/mol. The van der Waals surface area contributed by atoms with Crippen molar-refractivity contribution >= 4 is 24.8 Å². The molecule has 138 valence electrons. The van der Waals surface area contributed by atoms with Gasteiger partial charge in [0.15, 0.2) is 0 Å². The van der Waals surface area contributed by atoms with Crippen LogP contribution < -0.4 is 0 Å². The Morgan fingerprint density at radius 1 is 0.913 bits per heavy atom. The first kappa shape index (κ1) is 21.5. The van der Waals surface area contributed by atoms with Crippen molar-refractivity contribution < 1.29 is 0 Å². The van der Waals surface area contributed by atoms with E-state index in [1.807, 2.05) is 0 Å². The molecule has 1 saturated heterocycles. The van der Waals surface area contributed by atoms with Crippen LogP contribution in [0.2, 0.25) is 0 Å². The number of rotatable bonds is 4. The summed E-state index contributed by atoms with van der Waals surface area (Å²) in [6, 6.07) is 0. The van der Waals surface area contributed by atoms with Crippen LogP contribution in [0.15, 0.2) is 0 Å². The van der Waals surface area contributed by atoms with Gasteiger partial charge in [0.1, 0.15) is 0 Å². The summed E-state index contributed by atoms with van der Waals surface area (Å²) in [5.74, 6) is 2.22. The van der Waals surface area contributed by atoms with Crippen LogP contribution in [0.3, 0.4) is 0 Å². The Morgan fingerprint density at radius 3 is 2.22 bits per heavy atom. The van der Waals surface area contributed by atoms with Gasteiger partial charge in [-0.25, -0.2) is 0 Å². The molecule has 0 unspecified atom stereocenters. The Kier molecular flexibility index (Phi) is 9.22. The monoisotopic (exact) mass is 364 g/mol. The lowest BCUT2D eigenvalue weighted by Crippen LogP contribution is -2.45. The van der Waals surface area contributed by atoms with E-state index in [9.17, 15) is 0 Å². The maximum atomic E-state index is 2.74. The molecule has 0 radical (unpaired) electrons. The van der Waals surface area contributed by atoms with Crippen LogP contribution >= 0.6 is 24.8 Å². The molecular weight excluding hydrogens is 327 g/mol. The van der Waals surface area contributed by atoms with Crippen molar-refractivity contribution in [3.8, 4) is 0 Å². The van der Waals surface area contributed by atoms with Gasteiger partial charge in [0.05, 0.1) is 0 Å². The molecule has 4 heteroatoms. The summed E-state index contributed by atoms with van der Waals surface area (Å²) in [7, 11) is 4.38. The summed E-state index contributed by atoms with van der Waals surface area (Å²) in [5.41, 5.74) is 0.760. The van der Waals surface area contributed by atoms with E-state index in [4.69, 9.17) is 0 Å². The van der Waals surface area contributed by atoms with E-state index in [1.54, 1.807) is 32.1 Å². The molecule has 2 atom stereocenters. The number of likely N-dealkylation sites (tertiary alicyclic amines) is 1. The third-order valence-electron chi connectivity index (χ3n) is 6.80. The number of hydrogen-bond acceptors (Lipinski definition) is 2. The second-order valence-electron chi connectivity index (χ2n) is 8.55. The fraction of sp³-hybridized carbons (Fsp3) is 1.00. The van der Waals surface area contributed by atoms with E-state index in [0.717, 1.165) is 17.3 Å². The highest BCUT2D eigenvalue weighted by atomic mass is 35.5. The molecule has 2 aliphatic carbocycles. The SMILES string of the molecule is CN(C)CCCN1CCC2(CC[C@@H]3CCCC[C@H]3C2)CC1.Cl.Cl. The van der Waals surface area contributed by atoms with E-state index in [0.29, 0.717) is 0 Å². The maximum absolute atomic E-state index is 2.74. The molecule has 2 nitrogen and oxygen atoms in total. The summed E-state index contributed by atoms with van der Waals surface area (Å²) < 4.78 is 0. The molecule has 0 aromatic heterocycles. The normalized spacial score (nSPS) is 30.4. The maximum Gasteiger partial charge on any atom is -0.000654 e. The fourth-order valence-corrected chi connectivity index (χ4v) is 5.40. The van der Waals surface area contributed by atoms with Gasteiger partial charge in [0.2, 0.25) is 0 Å². The van der Waals surface area contributed by atoms with Crippen molar-refractivity contribution in [3.05, 3.63) is 0 Å². The smallest absolute Gasteiger partial charge is 0.000654 e. The Morgan fingerprint density at radius 2 is 1.57 bits per heavy atom. The van der Waals surface area contributed by atoms with E-state index in [2.05, 4.69) is 23.9 Å². The van der Waals surface area contributed by atoms with Crippen LogP contribution in [0.4, 0.5) is 0 Å². The molecule has 0 aromatic carbocycles. The first-order valence-electron chi connectivity index (χ1n) is 9.54. The number of fused-ring (bicyclic) bond motifs is 1. The second kappa shape index (κ2) is 9.85. The molecule has 0 aromatic rings. The summed E-state index contributed by atoms with van der Waals surface area (Å²) in [6.07, 6.45) is 15.2. The lowest BCUT2D eigenvalue weighted by Gasteiger charge is -2.50. The van der Waals surface area contributed by atoms with Crippen molar-refractivity contribution in [2.45, 2.75) is 64.2 Å². The van der Waals surface area contributed by atoms with Crippen LogP contribution in [0.1, 0.15) is 64.2 Å². The van der Waals surface area contributed by atoms with Crippen molar-refractivity contribution in [1.82, 2.24) is 9.80 Å². The quantitative estimate of drug-likeness (QED) is 0.702. The van der Waals surface area contributed by atoms with E-state index in [-0.39, 0.29) is 24.8 Å². The third-order valence-corrected chi connectivity index (χ3v) is 6.80. The predicted octanol–water partition coefficient (Wildman–Crippen LogP) is 4.85. The topological polar surface area (TPSA) is 6.48 Å². The van der Waals surface area contributed by atoms with Crippen molar-refractivity contribution in [3.63, 3.8) is 0 Å². The Balaban J connectivity index is 0.00000132. The van der Waals surface area contributed by atoms with Crippen LogP contribution in [-0.4, -0.2) is 50.1 Å². The standard InChI is InChI=1S/C19H36N2.2ClH/c1-20(2)12-5-13-21-14-10-19(11-15-21)9-8-17-6-3-4-7-18(17)16-19;;/h17-18H,3-16H2,1-2H3;2*1H/t17-,18-;;/m0../s1. The van der Waals surface area contributed by atoms with Gasteiger partial charge in [-0.1, -0.05) is 25.7 Å².